The molecule has 2 aromatic rings. The van der Waals surface area contributed by atoms with Crippen LogP contribution in [0.3, 0.4) is 0 Å². The van der Waals surface area contributed by atoms with E-state index in [-0.39, 0.29) is 5.41 Å². The van der Waals surface area contributed by atoms with Gasteiger partial charge >= 0.3 is 6.18 Å². The van der Waals surface area contributed by atoms with Crippen LogP contribution in [0.2, 0.25) is 0 Å². The number of phenolic OH excluding ortho intramolecular Hbond substituents is 1. The van der Waals surface area contributed by atoms with Crippen molar-refractivity contribution in [1.29, 1.82) is 0 Å². The summed E-state index contributed by atoms with van der Waals surface area (Å²) in [7, 11) is 2.10. The number of benzene rings is 2. The molecule has 3 aliphatic rings. The van der Waals surface area contributed by atoms with Crippen LogP contribution in [0.1, 0.15) is 50.2 Å². The van der Waals surface area contributed by atoms with Crippen molar-refractivity contribution in [1.82, 2.24) is 5.32 Å². The van der Waals surface area contributed by atoms with Crippen molar-refractivity contribution in [2.24, 2.45) is 5.92 Å². The molecule has 3 N–H and O–H groups in total. The van der Waals surface area contributed by atoms with E-state index in [1.165, 1.54) is 43.2 Å². The van der Waals surface area contributed by atoms with Crippen LogP contribution in [-0.4, -0.2) is 43.7 Å². The summed E-state index contributed by atoms with van der Waals surface area (Å²) in [6.07, 6.45) is 1.86. The quantitative estimate of drug-likeness (QED) is 0.381. The van der Waals surface area contributed by atoms with Crippen LogP contribution in [0.4, 0.5) is 30.2 Å². The average molecular weight is 490 g/mol. The lowest BCUT2D eigenvalue weighted by Crippen LogP contribution is -2.59. The van der Waals surface area contributed by atoms with Crippen molar-refractivity contribution in [2.45, 2.75) is 63.1 Å². The lowest BCUT2D eigenvalue weighted by Gasteiger charge is -2.56. The summed E-state index contributed by atoms with van der Waals surface area (Å²) in [6.45, 7) is 4.20. The molecule has 0 spiro atoms. The van der Waals surface area contributed by atoms with Gasteiger partial charge in [-0.2, -0.15) is 13.2 Å². The van der Waals surface area contributed by atoms with Gasteiger partial charge in [-0.1, -0.05) is 25.0 Å². The molecule has 0 amide bonds. The third kappa shape index (κ3) is 5.13. The number of alkyl halides is 3. The zero-order valence-electron chi connectivity index (χ0n) is 20.3. The van der Waals surface area contributed by atoms with Crippen LogP contribution in [0, 0.1) is 5.92 Å². The van der Waals surface area contributed by atoms with E-state index in [9.17, 15) is 18.3 Å². The first kappa shape index (κ1) is 25.4. The summed E-state index contributed by atoms with van der Waals surface area (Å²) in [4.78, 5) is 10.9. The first-order chi connectivity index (χ1) is 16.7. The summed E-state index contributed by atoms with van der Waals surface area (Å²) >= 11 is 0. The molecule has 2 aliphatic carbocycles. The minimum absolute atomic E-state index is 0.276. The van der Waals surface area contributed by atoms with E-state index in [1.807, 2.05) is 6.07 Å². The molecule has 2 aromatic carbocycles. The lowest BCUT2D eigenvalue weighted by atomic mass is 9.53. The zero-order chi connectivity index (χ0) is 25.2. The number of carbonyl (C=O) groups is 1. The van der Waals surface area contributed by atoms with E-state index >= 15 is 0 Å². The van der Waals surface area contributed by atoms with E-state index in [1.54, 1.807) is 0 Å². The van der Waals surface area contributed by atoms with Gasteiger partial charge in [0.2, 0.25) is 6.29 Å². The standard InChI is InChI=1S/C25H33N3O.C2HF3O/c1-3-28(2)23-10-5-4-9-20(23)27-22-15-17-14-21-18-8-6-7-11-25(18,12-13-26-21)19(17)16-24(22)29;3-2(4,5)1-6/h4-5,9-10,15-16,18,21,26-27,29H,3,6-8,11-14H2,1-2H3;1H/t18-,21+,25+;/m1./s1. The second-order valence-corrected chi connectivity index (χ2v) is 9.87. The Bertz CT molecular complexity index is 1050. The summed E-state index contributed by atoms with van der Waals surface area (Å²) in [5.74, 6) is 1.11. The molecule has 1 saturated heterocycles. The van der Waals surface area contributed by atoms with Gasteiger partial charge in [-0.05, 0) is 80.5 Å². The van der Waals surface area contributed by atoms with Crippen molar-refractivity contribution < 1.29 is 23.1 Å². The molecule has 0 radical (unpaired) electrons. The molecule has 1 aliphatic heterocycles. The van der Waals surface area contributed by atoms with Gasteiger partial charge in [-0.25, -0.2) is 0 Å². The number of hydrogen-bond donors (Lipinski definition) is 3. The van der Waals surface area contributed by atoms with Crippen molar-refractivity contribution in [3.05, 3.63) is 47.5 Å². The summed E-state index contributed by atoms with van der Waals surface area (Å²) in [5, 5.41) is 18.3. The topological polar surface area (TPSA) is 64.6 Å². The number of nitrogens with zero attached hydrogens (tertiary/aromatic N) is 1. The maximum Gasteiger partial charge on any atom is 0.446 e. The van der Waals surface area contributed by atoms with Gasteiger partial charge in [-0.3, -0.25) is 4.79 Å². The predicted molar refractivity (Wildman–Crippen MR) is 133 cm³/mol. The number of rotatable bonds is 4. The number of fused-ring (bicyclic) bond motifs is 1. The van der Waals surface area contributed by atoms with Crippen molar-refractivity contribution in [2.75, 3.05) is 30.4 Å². The zero-order valence-corrected chi connectivity index (χ0v) is 20.3. The van der Waals surface area contributed by atoms with E-state index in [2.05, 4.69) is 59.8 Å². The number of anilines is 3. The smallest absolute Gasteiger partial charge is 0.446 e. The number of aromatic hydroxyl groups is 1. The Labute approximate surface area is 204 Å². The summed E-state index contributed by atoms with van der Waals surface area (Å²) < 4.78 is 31.2. The van der Waals surface area contributed by atoms with Gasteiger partial charge in [0.05, 0.1) is 17.1 Å². The first-order valence-electron chi connectivity index (χ1n) is 12.4. The van der Waals surface area contributed by atoms with Crippen molar-refractivity contribution >= 4 is 23.3 Å². The normalized spacial score (nSPS) is 24.8. The monoisotopic (exact) mass is 489 g/mol. The minimum Gasteiger partial charge on any atom is -0.506 e. The Balaban J connectivity index is 0.000000431. The van der Waals surface area contributed by atoms with Gasteiger partial charge in [0.15, 0.2) is 0 Å². The minimum atomic E-state index is -4.64. The molecular formula is C27H34F3N3O2. The average Bonchev–Trinajstić information content (AvgIpc) is 2.85. The summed E-state index contributed by atoms with van der Waals surface area (Å²) in [5.41, 5.74) is 6.14. The first-order valence-corrected chi connectivity index (χ1v) is 12.4. The van der Waals surface area contributed by atoms with Crippen LogP contribution in [0.25, 0.3) is 0 Å². The molecule has 2 fully saturated rings. The van der Waals surface area contributed by atoms with Gasteiger partial charge in [0, 0.05) is 25.0 Å². The van der Waals surface area contributed by atoms with E-state index in [4.69, 9.17) is 4.79 Å². The Morgan fingerprint density at radius 1 is 1.20 bits per heavy atom. The fraction of sp³-hybridized carbons (Fsp3) is 0.519. The molecule has 3 atom stereocenters. The van der Waals surface area contributed by atoms with Crippen LogP contribution in [-0.2, 0) is 16.6 Å². The number of carbonyl (C=O) groups excluding carboxylic acids is 1. The van der Waals surface area contributed by atoms with Gasteiger partial charge in [0.25, 0.3) is 0 Å². The highest BCUT2D eigenvalue weighted by Gasteiger charge is 2.51. The molecule has 1 saturated carbocycles. The SMILES string of the molecule is CCN(C)c1ccccc1Nc1cc2c(cc1O)[C@]13CCCC[C@@H]1[C@H](C2)NCC3.O=CC(F)(F)F. The van der Waals surface area contributed by atoms with Crippen LogP contribution in [0.15, 0.2) is 36.4 Å². The third-order valence-electron chi connectivity index (χ3n) is 7.95. The van der Waals surface area contributed by atoms with Crippen LogP contribution in [0.5, 0.6) is 5.75 Å². The second kappa shape index (κ2) is 10.1. The maximum absolute atomic E-state index is 11.0. The largest absolute Gasteiger partial charge is 0.506 e. The predicted octanol–water partition coefficient (Wildman–Crippen LogP) is 5.69. The molecule has 0 unspecified atom stereocenters. The number of para-hydroxylation sites is 2. The second-order valence-electron chi connectivity index (χ2n) is 9.87. The Morgan fingerprint density at radius 2 is 1.94 bits per heavy atom. The molecule has 8 heteroatoms. The van der Waals surface area contributed by atoms with Gasteiger partial charge in [0.1, 0.15) is 5.75 Å². The lowest BCUT2D eigenvalue weighted by molar-refractivity contribution is -0.156. The maximum atomic E-state index is 11.0. The highest BCUT2D eigenvalue weighted by Crippen LogP contribution is 2.55. The number of piperidine rings is 1. The molecule has 0 aromatic heterocycles. The third-order valence-corrected chi connectivity index (χ3v) is 7.95. The number of aldehydes is 1. The highest BCUT2D eigenvalue weighted by molar-refractivity contribution is 5.78. The molecule has 5 rings (SSSR count). The van der Waals surface area contributed by atoms with E-state index in [0.717, 1.165) is 42.5 Å². The molecule has 2 bridgehead atoms. The van der Waals surface area contributed by atoms with Crippen molar-refractivity contribution in [3.63, 3.8) is 0 Å². The van der Waals surface area contributed by atoms with Crippen LogP contribution >= 0.6 is 0 Å². The number of hydrogen-bond acceptors (Lipinski definition) is 5. The number of halogens is 3. The molecule has 5 nitrogen and oxygen atoms in total. The van der Waals surface area contributed by atoms with Gasteiger partial charge < -0.3 is 20.6 Å². The van der Waals surface area contributed by atoms with E-state index < -0.39 is 12.5 Å². The number of phenols is 1. The Morgan fingerprint density at radius 3 is 2.66 bits per heavy atom. The van der Waals surface area contributed by atoms with Gasteiger partial charge in [-0.15, -0.1) is 0 Å². The molecule has 1 heterocycles. The Hall–Kier alpha value is -2.74. The molecule has 35 heavy (non-hydrogen) atoms. The van der Waals surface area contributed by atoms with E-state index in [0.29, 0.717) is 11.8 Å². The highest BCUT2D eigenvalue weighted by atomic mass is 19.4. The summed E-state index contributed by atoms with van der Waals surface area (Å²) in [6, 6.07) is 13.2. The fourth-order valence-electron chi connectivity index (χ4n) is 6.30. The molecular weight excluding hydrogens is 455 g/mol. The number of nitrogens with one attached hydrogen (secondary N) is 2. The van der Waals surface area contributed by atoms with Crippen molar-refractivity contribution in [3.8, 4) is 5.75 Å². The Kier molecular flexibility index (Phi) is 7.31. The fourth-order valence-corrected chi connectivity index (χ4v) is 6.30. The molecule has 190 valence electrons. The van der Waals surface area contributed by atoms with Crippen LogP contribution < -0.4 is 15.5 Å².